The molecule has 27 heavy (non-hydrogen) atoms. The zero-order valence-electron chi connectivity index (χ0n) is 15.1. The zero-order chi connectivity index (χ0) is 19.4. The minimum atomic E-state index is -4.29. The van der Waals surface area contributed by atoms with Gasteiger partial charge in [0, 0.05) is 26.2 Å². The van der Waals surface area contributed by atoms with E-state index in [2.05, 4.69) is 0 Å². The number of rotatable bonds is 5. The van der Waals surface area contributed by atoms with Crippen LogP contribution in [-0.4, -0.2) is 62.4 Å². The average molecular weight is 402 g/mol. The number of amides is 1. The molecule has 1 saturated carbocycles. The van der Waals surface area contributed by atoms with E-state index in [4.69, 9.17) is 4.74 Å². The number of hydrogen-bond acceptors (Lipinski definition) is 4. The lowest BCUT2D eigenvalue weighted by molar-refractivity contribution is -0.140. The molecule has 3 rings (SSSR count). The summed E-state index contributed by atoms with van der Waals surface area (Å²) in [7, 11) is -4.29. The fourth-order valence-corrected chi connectivity index (χ4v) is 5.08. The van der Waals surface area contributed by atoms with Gasteiger partial charge >= 0.3 is 0 Å². The van der Waals surface area contributed by atoms with Crippen LogP contribution in [0.3, 0.4) is 0 Å². The van der Waals surface area contributed by atoms with E-state index in [0.29, 0.717) is 0 Å². The van der Waals surface area contributed by atoms with Crippen LogP contribution in [0.5, 0.6) is 0 Å². The average Bonchev–Trinajstić information content (AvgIpc) is 2.67. The lowest BCUT2D eigenvalue weighted by atomic mass is 9.98. The summed E-state index contributed by atoms with van der Waals surface area (Å²) in [5.74, 6) is -2.42. The maximum absolute atomic E-state index is 13.9. The summed E-state index contributed by atoms with van der Waals surface area (Å²) in [6.07, 6.45) is 5.48. The van der Waals surface area contributed by atoms with Crippen LogP contribution in [0.2, 0.25) is 0 Å². The molecule has 1 aromatic carbocycles. The van der Waals surface area contributed by atoms with Gasteiger partial charge in [0.1, 0.15) is 18.2 Å². The molecule has 1 heterocycles. The van der Waals surface area contributed by atoms with Crippen LogP contribution in [0, 0.1) is 11.6 Å². The summed E-state index contributed by atoms with van der Waals surface area (Å²) < 4.78 is 59.5. The molecule has 0 atom stereocenters. The third kappa shape index (κ3) is 4.64. The standard InChI is InChI=1S/C18H24F2N2O4S/c19-15-7-4-8-16(20)18(15)27(24,25)22-11-9-21(10-12-22)17(23)13-26-14-5-2-1-3-6-14/h4,7-8,14H,1-3,5-6,9-13H2. The highest BCUT2D eigenvalue weighted by Crippen LogP contribution is 2.24. The van der Waals surface area contributed by atoms with Gasteiger partial charge in [-0.1, -0.05) is 25.3 Å². The Morgan fingerprint density at radius 3 is 2.22 bits per heavy atom. The van der Waals surface area contributed by atoms with E-state index in [1.165, 1.54) is 11.3 Å². The van der Waals surface area contributed by atoms with Crippen LogP contribution in [0.4, 0.5) is 8.78 Å². The van der Waals surface area contributed by atoms with Gasteiger partial charge < -0.3 is 9.64 Å². The molecule has 2 fully saturated rings. The summed E-state index contributed by atoms with van der Waals surface area (Å²) in [5.41, 5.74) is 0. The number of benzene rings is 1. The normalized spacial score (nSPS) is 20.0. The van der Waals surface area contributed by atoms with Crippen molar-refractivity contribution < 1.29 is 26.7 Å². The second-order valence-corrected chi connectivity index (χ2v) is 8.78. The Balaban J connectivity index is 1.55. The molecule has 1 aromatic rings. The molecule has 1 aliphatic carbocycles. The molecule has 0 N–H and O–H groups in total. The highest BCUT2D eigenvalue weighted by atomic mass is 32.2. The molecule has 0 unspecified atom stereocenters. The summed E-state index contributed by atoms with van der Waals surface area (Å²) in [6, 6.07) is 2.95. The van der Waals surface area contributed by atoms with Gasteiger partial charge in [0.25, 0.3) is 0 Å². The number of carbonyl (C=O) groups is 1. The van der Waals surface area contributed by atoms with Crippen LogP contribution in [0.15, 0.2) is 23.1 Å². The van der Waals surface area contributed by atoms with E-state index < -0.39 is 26.6 Å². The first kappa shape index (κ1) is 20.2. The van der Waals surface area contributed by atoms with E-state index in [1.54, 1.807) is 0 Å². The van der Waals surface area contributed by atoms with Crippen LogP contribution in [0.1, 0.15) is 32.1 Å². The van der Waals surface area contributed by atoms with E-state index in [0.717, 1.165) is 48.2 Å². The van der Waals surface area contributed by atoms with Crippen molar-refractivity contribution in [3.05, 3.63) is 29.8 Å². The Labute approximate surface area is 158 Å². The molecule has 9 heteroatoms. The van der Waals surface area contributed by atoms with Gasteiger partial charge in [0.15, 0.2) is 4.90 Å². The molecule has 6 nitrogen and oxygen atoms in total. The van der Waals surface area contributed by atoms with Gasteiger partial charge in [-0.3, -0.25) is 4.79 Å². The Morgan fingerprint density at radius 2 is 1.63 bits per heavy atom. The number of hydrogen-bond donors (Lipinski definition) is 0. The number of ether oxygens (including phenoxy) is 1. The largest absolute Gasteiger partial charge is 0.368 e. The Bertz CT molecular complexity index is 753. The Kier molecular flexibility index (Phi) is 6.44. The molecule has 0 radical (unpaired) electrons. The van der Waals surface area contributed by atoms with Crippen molar-refractivity contribution in [3.8, 4) is 0 Å². The maximum Gasteiger partial charge on any atom is 0.249 e. The second kappa shape index (κ2) is 8.62. The van der Waals surface area contributed by atoms with Gasteiger partial charge in [-0.2, -0.15) is 4.31 Å². The topological polar surface area (TPSA) is 66.9 Å². The Morgan fingerprint density at radius 1 is 1.04 bits per heavy atom. The van der Waals surface area contributed by atoms with Gasteiger partial charge in [0.2, 0.25) is 15.9 Å². The molecule has 1 amide bonds. The summed E-state index contributed by atoms with van der Waals surface area (Å²) in [5, 5.41) is 0. The van der Waals surface area contributed by atoms with Crippen LogP contribution < -0.4 is 0 Å². The zero-order valence-corrected chi connectivity index (χ0v) is 15.9. The van der Waals surface area contributed by atoms with Crippen LogP contribution in [0.25, 0.3) is 0 Å². The molecule has 0 aromatic heterocycles. The molecule has 2 aliphatic rings. The fraction of sp³-hybridized carbons (Fsp3) is 0.611. The van der Waals surface area contributed by atoms with Gasteiger partial charge in [-0.25, -0.2) is 17.2 Å². The van der Waals surface area contributed by atoms with Crippen LogP contribution >= 0.6 is 0 Å². The number of halogens is 2. The quantitative estimate of drug-likeness (QED) is 0.757. The highest BCUT2D eigenvalue weighted by molar-refractivity contribution is 7.89. The first-order valence-electron chi connectivity index (χ1n) is 9.23. The van der Waals surface area contributed by atoms with E-state index in [9.17, 15) is 22.0 Å². The minimum Gasteiger partial charge on any atom is -0.368 e. The molecule has 1 saturated heterocycles. The van der Waals surface area contributed by atoms with Crippen molar-refractivity contribution in [2.24, 2.45) is 0 Å². The molecular weight excluding hydrogens is 378 g/mol. The van der Waals surface area contributed by atoms with Crippen molar-refractivity contribution in [2.75, 3.05) is 32.8 Å². The van der Waals surface area contributed by atoms with Crippen LogP contribution in [-0.2, 0) is 19.6 Å². The van der Waals surface area contributed by atoms with Crippen molar-refractivity contribution in [2.45, 2.75) is 43.1 Å². The predicted molar refractivity (Wildman–Crippen MR) is 94.5 cm³/mol. The van der Waals surface area contributed by atoms with E-state index >= 15 is 0 Å². The predicted octanol–water partition coefficient (Wildman–Crippen LogP) is 2.15. The Hall–Kier alpha value is -1.58. The smallest absolute Gasteiger partial charge is 0.249 e. The summed E-state index contributed by atoms with van der Waals surface area (Å²) >= 11 is 0. The SMILES string of the molecule is O=C(COC1CCCCC1)N1CCN(S(=O)(=O)c2c(F)cccc2F)CC1. The first-order valence-corrected chi connectivity index (χ1v) is 10.7. The number of piperazine rings is 1. The molecular formula is C18H24F2N2O4S. The lowest BCUT2D eigenvalue weighted by Crippen LogP contribution is -2.51. The van der Waals surface area contributed by atoms with E-state index in [1.807, 2.05) is 0 Å². The van der Waals surface area contributed by atoms with Gasteiger partial charge in [0.05, 0.1) is 6.10 Å². The van der Waals surface area contributed by atoms with Crippen molar-refractivity contribution in [1.29, 1.82) is 0 Å². The summed E-state index contributed by atoms with van der Waals surface area (Å²) in [6.45, 7) is 0.306. The van der Waals surface area contributed by atoms with Crippen molar-refractivity contribution >= 4 is 15.9 Å². The lowest BCUT2D eigenvalue weighted by Gasteiger charge is -2.34. The fourth-order valence-electron chi connectivity index (χ4n) is 3.55. The molecule has 0 bridgehead atoms. The number of sulfonamides is 1. The second-order valence-electron chi connectivity index (χ2n) is 6.91. The summed E-state index contributed by atoms with van der Waals surface area (Å²) in [4.78, 5) is 12.9. The van der Waals surface area contributed by atoms with E-state index in [-0.39, 0.29) is 44.8 Å². The van der Waals surface area contributed by atoms with Crippen molar-refractivity contribution in [1.82, 2.24) is 9.21 Å². The number of nitrogens with zero attached hydrogens (tertiary/aromatic N) is 2. The molecule has 150 valence electrons. The highest BCUT2D eigenvalue weighted by Gasteiger charge is 2.34. The first-order chi connectivity index (χ1) is 12.9. The van der Waals surface area contributed by atoms with Gasteiger partial charge in [-0.15, -0.1) is 0 Å². The van der Waals surface area contributed by atoms with Crippen molar-refractivity contribution in [3.63, 3.8) is 0 Å². The monoisotopic (exact) mass is 402 g/mol. The third-order valence-corrected chi connectivity index (χ3v) is 7.05. The molecule has 0 spiro atoms. The maximum atomic E-state index is 13.9. The third-order valence-electron chi connectivity index (χ3n) is 5.10. The van der Waals surface area contributed by atoms with Gasteiger partial charge in [-0.05, 0) is 25.0 Å². The number of carbonyl (C=O) groups excluding carboxylic acids is 1. The molecule has 1 aliphatic heterocycles. The minimum absolute atomic E-state index is 0.00865.